The first kappa shape index (κ1) is 17.4. The Kier molecular flexibility index (Phi) is 7.19. The van der Waals surface area contributed by atoms with Crippen LogP contribution in [0.15, 0.2) is 0 Å². The molecular weight excluding hydrogens is 296 g/mol. The van der Waals surface area contributed by atoms with Crippen molar-refractivity contribution in [2.24, 2.45) is 5.92 Å². The van der Waals surface area contributed by atoms with E-state index in [1.807, 2.05) is 18.8 Å². The lowest BCUT2D eigenvalue weighted by molar-refractivity contribution is -0.108. The molecule has 0 aromatic rings. The lowest BCUT2D eigenvalue weighted by atomic mass is 9.78. The fraction of sp³-hybridized carbons (Fsp3) is 1.00. The van der Waals surface area contributed by atoms with Crippen LogP contribution in [0.25, 0.3) is 0 Å². The van der Waals surface area contributed by atoms with Gasteiger partial charge in [-0.15, -0.1) is 0 Å². The Morgan fingerprint density at radius 2 is 2.14 bits per heavy atom. The second-order valence-electron chi connectivity index (χ2n) is 6.05. The van der Waals surface area contributed by atoms with Gasteiger partial charge in [0.2, 0.25) is 0 Å². The van der Waals surface area contributed by atoms with Gasteiger partial charge in [-0.25, -0.2) is 8.78 Å². The van der Waals surface area contributed by atoms with Gasteiger partial charge in [-0.2, -0.15) is 11.8 Å². The van der Waals surface area contributed by atoms with E-state index in [0.29, 0.717) is 18.6 Å². The Labute approximate surface area is 130 Å². The van der Waals surface area contributed by atoms with Crippen LogP contribution in [0, 0.1) is 5.92 Å². The van der Waals surface area contributed by atoms with Gasteiger partial charge in [-0.1, -0.05) is 0 Å². The molecule has 3 nitrogen and oxygen atoms in total. The Balaban J connectivity index is 1.80. The highest BCUT2D eigenvalue weighted by molar-refractivity contribution is 7.99. The summed E-state index contributed by atoms with van der Waals surface area (Å²) in [7, 11) is 1.95. The molecule has 2 unspecified atom stereocenters. The molecular formula is C15H27F2NO2S. The molecule has 1 spiro atoms. The lowest BCUT2D eigenvalue weighted by Crippen LogP contribution is -2.48. The molecule has 2 aliphatic rings. The van der Waals surface area contributed by atoms with E-state index in [1.165, 1.54) is 11.5 Å². The summed E-state index contributed by atoms with van der Waals surface area (Å²) in [4.78, 5) is 0. The number of halogens is 2. The minimum absolute atomic E-state index is 0.0765. The normalized spacial score (nSPS) is 27.1. The molecule has 0 aromatic heterocycles. The minimum atomic E-state index is -2.37. The molecule has 0 aliphatic carbocycles. The molecule has 2 aliphatic heterocycles. The molecule has 0 saturated carbocycles. The number of rotatable bonds is 7. The zero-order chi connectivity index (χ0) is 15.1. The molecule has 2 atom stereocenters. The molecule has 0 bridgehead atoms. The molecule has 6 heteroatoms. The van der Waals surface area contributed by atoms with Crippen molar-refractivity contribution in [1.29, 1.82) is 0 Å². The Morgan fingerprint density at radius 3 is 2.81 bits per heavy atom. The van der Waals surface area contributed by atoms with Crippen LogP contribution >= 0.6 is 11.8 Å². The molecule has 0 aromatic carbocycles. The van der Waals surface area contributed by atoms with Gasteiger partial charge < -0.3 is 14.8 Å². The average Bonchev–Trinajstić information content (AvgIpc) is 2.48. The Bertz CT molecular complexity index is 296. The SMILES string of the molecule is CNC(CCOCC(F)F)C1CCOC2(CCSCC2)C1. The number of nitrogens with one attached hydrogen (secondary N) is 1. The van der Waals surface area contributed by atoms with Crippen molar-refractivity contribution < 1.29 is 18.3 Å². The molecule has 0 radical (unpaired) electrons. The maximum atomic E-state index is 12.1. The van der Waals surface area contributed by atoms with Crippen LogP contribution in [-0.4, -0.2) is 56.4 Å². The monoisotopic (exact) mass is 323 g/mol. The van der Waals surface area contributed by atoms with E-state index in [-0.39, 0.29) is 5.60 Å². The van der Waals surface area contributed by atoms with E-state index in [9.17, 15) is 8.78 Å². The highest BCUT2D eigenvalue weighted by Gasteiger charge is 2.40. The fourth-order valence-electron chi connectivity index (χ4n) is 3.50. The van der Waals surface area contributed by atoms with Crippen LogP contribution < -0.4 is 5.32 Å². The molecule has 0 amide bonds. The fourth-order valence-corrected chi connectivity index (χ4v) is 4.74. The summed E-state index contributed by atoms with van der Waals surface area (Å²) < 4.78 is 35.3. The summed E-state index contributed by atoms with van der Waals surface area (Å²) in [5.41, 5.74) is 0.0765. The highest BCUT2D eigenvalue weighted by atomic mass is 32.2. The third-order valence-corrected chi connectivity index (χ3v) is 5.68. The van der Waals surface area contributed by atoms with Gasteiger partial charge in [0.1, 0.15) is 6.61 Å². The largest absolute Gasteiger partial charge is 0.375 e. The second-order valence-corrected chi connectivity index (χ2v) is 7.27. The smallest absolute Gasteiger partial charge is 0.261 e. The average molecular weight is 323 g/mol. The number of hydrogen-bond donors (Lipinski definition) is 1. The van der Waals surface area contributed by atoms with Crippen molar-refractivity contribution in [1.82, 2.24) is 5.32 Å². The van der Waals surface area contributed by atoms with E-state index in [2.05, 4.69) is 5.32 Å². The number of hydrogen-bond acceptors (Lipinski definition) is 4. The van der Waals surface area contributed by atoms with Crippen LogP contribution in [0.4, 0.5) is 8.78 Å². The first-order valence-electron chi connectivity index (χ1n) is 7.90. The van der Waals surface area contributed by atoms with Crippen LogP contribution in [0.2, 0.25) is 0 Å². The van der Waals surface area contributed by atoms with Crippen molar-refractivity contribution in [3.05, 3.63) is 0 Å². The molecule has 2 fully saturated rings. The topological polar surface area (TPSA) is 30.5 Å². The van der Waals surface area contributed by atoms with Gasteiger partial charge in [0, 0.05) is 19.3 Å². The number of ether oxygens (including phenoxy) is 2. The summed E-state index contributed by atoms with van der Waals surface area (Å²) in [6.07, 6.45) is 2.85. The first-order chi connectivity index (χ1) is 10.2. The van der Waals surface area contributed by atoms with E-state index in [1.54, 1.807) is 0 Å². The summed E-state index contributed by atoms with van der Waals surface area (Å²) in [6.45, 7) is 0.771. The van der Waals surface area contributed by atoms with E-state index < -0.39 is 13.0 Å². The third-order valence-electron chi connectivity index (χ3n) is 4.69. The van der Waals surface area contributed by atoms with Gasteiger partial charge >= 0.3 is 0 Å². The highest BCUT2D eigenvalue weighted by Crippen LogP contribution is 2.41. The van der Waals surface area contributed by atoms with Crippen LogP contribution in [0.5, 0.6) is 0 Å². The summed E-state index contributed by atoms with van der Waals surface area (Å²) >= 11 is 2.01. The molecule has 124 valence electrons. The Morgan fingerprint density at radius 1 is 1.38 bits per heavy atom. The van der Waals surface area contributed by atoms with Gasteiger partial charge in [0.25, 0.3) is 6.43 Å². The van der Waals surface area contributed by atoms with Gasteiger partial charge in [-0.05, 0) is 56.6 Å². The molecule has 1 N–H and O–H groups in total. The third kappa shape index (κ3) is 5.34. The van der Waals surface area contributed by atoms with E-state index in [4.69, 9.17) is 9.47 Å². The van der Waals surface area contributed by atoms with Crippen molar-refractivity contribution in [3.8, 4) is 0 Å². The second kappa shape index (κ2) is 8.65. The van der Waals surface area contributed by atoms with Gasteiger partial charge in [0.05, 0.1) is 5.60 Å². The molecule has 2 rings (SSSR count). The molecule has 2 saturated heterocycles. The summed E-state index contributed by atoms with van der Waals surface area (Å²) in [5.74, 6) is 2.94. The molecule has 21 heavy (non-hydrogen) atoms. The van der Waals surface area contributed by atoms with Gasteiger partial charge in [0.15, 0.2) is 0 Å². The maximum Gasteiger partial charge on any atom is 0.261 e. The zero-order valence-electron chi connectivity index (χ0n) is 12.8. The first-order valence-corrected chi connectivity index (χ1v) is 9.05. The van der Waals surface area contributed by atoms with Gasteiger partial charge in [-0.3, -0.25) is 0 Å². The number of thioether (sulfide) groups is 1. The molecule has 2 heterocycles. The Hall–Kier alpha value is 0.0900. The zero-order valence-corrected chi connectivity index (χ0v) is 13.6. The quantitative estimate of drug-likeness (QED) is 0.730. The number of alkyl halides is 2. The summed E-state index contributed by atoms with van der Waals surface area (Å²) in [6, 6.07) is 0.332. The lowest BCUT2D eigenvalue weighted by Gasteiger charge is -2.45. The van der Waals surface area contributed by atoms with Crippen molar-refractivity contribution in [3.63, 3.8) is 0 Å². The van der Waals surface area contributed by atoms with Crippen LogP contribution in [0.1, 0.15) is 32.1 Å². The summed E-state index contributed by atoms with van der Waals surface area (Å²) in [5, 5.41) is 3.35. The van der Waals surface area contributed by atoms with Crippen LogP contribution in [0.3, 0.4) is 0 Å². The minimum Gasteiger partial charge on any atom is -0.375 e. The van der Waals surface area contributed by atoms with Crippen LogP contribution in [-0.2, 0) is 9.47 Å². The predicted octanol–water partition coefficient (Wildman–Crippen LogP) is 2.94. The van der Waals surface area contributed by atoms with Crippen molar-refractivity contribution >= 4 is 11.8 Å². The van der Waals surface area contributed by atoms with E-state index in [0.717, 1.165) is 38.7 Å². The van der Waals surface area contributed by atoms with Crippen molar-refractivity contribution in [2.75, 3.05) is 38.4 Å². The predicted molar refractivity (Wildman–Crippen MR) is 82.3 cm³/mol. The van der Waals surface area contributed by atoms with E-state index >= 15 is 0 Å². The van der Waals surface area contributed by atoms with Crippen molar-refractivity contribution in [2.45, 2.75) is 50.2 Å². The maximum absolute atomic E-state index is 12.1. The standard InChI is InChI=1S/C15H27F2NO2S/c1-18-13(3-6-19-11-14(16)17)12-2-7-20-15(10-12)4-8-21-9-5-15/h12-14,18H,2-11H2,1H3.